The van der Waals surface area contributed by atoms with Crippen molar-refractivity contribution in [3.8, 4) is 11.3 Å². The Morgan fingerprint density at radius 2 is 1.91 bits per heavy atom. The molecule has 2 aromatic carbocycles. The van der Waals surface area contributed by atoms with Crippen LogP contribution < -0.4 is 5.32 Å². The Hall–Kier alpha value is -4.04. The molecule has 1 amide bonds. The molecule has 0 atom stereocenters. The topological polar surface area (TPSA) is 90.5 Å². The van der Waals surface area contributed by atoms with Gasteiger partial charge in [0.15, 0.2) is 0 Å². The first-order valence-electron chi connectivity index (χ1n) is 10.9. The zero-order valence-corrected chi connectivity index (χ0v) is 19.5. The highest BCUT2D eigenvalue weighted by molar-refractivity contribution is 6.30. The fourth-order valence-corrected chi connectivity index (χ4v) is 4.02. The van der Waals surface area contributed by atoms with Crippen molar-refractivity contribution in [3.63, 3.8) is 0 Å². The van der Waals surface area contributed by atoms with Gasteiger partial charge in [-0.1, -0.05) is 41.9 Å². The molecule has 9 heteroatoms. The van der Waals surface area contributed by atoms with Crippen molar-refractivity contribution >= 4 is 34.4 Å². The van der Waals surface area contributed by atoms with E-state index in [4.69, 9.17) is 16.6 Å². The first-order valence-corrected chi connectivity index (χ1v) is 11.3. The summed E-state index contributed by atoms with van der Waals surface area (Å²) in [7, 11) is 0. The van der Waals surface area contributed by atoms with Gasteiger partial charge in [0.05, 0.1) is 29.5 Å². The second-order valence-electron chi connectivity index (χ2n) is 7.88. The fraction of sp³-hybridized carbons (Fsp3) is 0.160. The van der Waals surface area contributed by atoms with E-state index < -0.39 is 0 Å². The molecule has 3 heterocycles. The van der Waals surface area contributed by atoms with Gasteiger partial charge in [-0.2, -0.15) is 5.10 Å². The fourth-order valence-electron chi connectivity index (χ4n) is 3.89. The lowest BCUT2D eigenvalue weighted by Gasteiger charge is -2.09. The Morgan fingerprint density at radius 1 is 1.12 bits per heavy atom. The number of nitrogens with zero attached hydrogens (tertiary/aromatic N) is 6. The van der Waals surface area contributed by atoms with E-state index in [1.165, 1.54) is 0 Å². The van der Waals surface area contributed by atoms with E-state index in [1.807, 2.05) is 67.1 Å². The van der Waals surface area contributed by atoms with Crippen LogP contribution in [-0.2, 0) is 13.1 Å². The number of hydrogen-bond acceptors (Lipinski definition) is 5. The van der Waals surface area contributed by atoms with Crippen LogP contribution >= 0.6 is 11.6 Å². The van der Waals surface area contributed by atoms with E-state index in [-0.39, 0.29) is 11.9 Å². The van der Waals surface area contributed by atoms with E-state index in [0.717, 1.165) is 34.3 Å². The lowest BCUT2D eigenvalue weighted by Crippen LogP contribution is -2.14. The summed E-state index contributed by atoms with van der Waals surface area (Å²) >= 11 is 5.95. The summed E-state index contributed by atoms with van der Waals surface area (Å²) < 4.78 is 3.57. The second-order valence-corrected chi connectivity index (χ2v) is 8.31. The largest absolute Gasteiger partial charge is 0.289 e. The van der Waals surface area contributed by atoms with Gasteiger partial charge >= 0.3 is 0 Å². The number of hydrogen-bond donors (Lipinski definition) is 1. The molecule has 5 aromatic rings. The summed E-state index contributed by atoms with van der Waals surface area (Å²) in [5.41, 5.74) is 4.85. The van der Waals surface area contributed by atoms with Gasteiger partial charge in [-0.05, 0) is 43.7 Å². The maximum atomic E-state index is 13.3. The van der Waals surface area contributed by atoms with E-state index in [9.17, 15) is 4.79 Å². The zero-order chi connectivity index (χ0) is 23.7. The third-order valence-corrected chi connectivity index (χ3v) is 5.91. The maximum Gasteiger partial charge on any atom is 0.258 e. The number of carbonyl (C=O) groups is 1. The average molecular weight is 472 g/mol. The molecule has 0 bridgehead atoms. The summed E-state index contributed by atoms with van der Waals surface area (Å²) in [6, 6.07) is 16.9. The van der Waals surface area contributed by atoms with Crippen molar-refractivity contribution in [3.05, 3.63) is 89.0 Å². The van der Waals surface area contributed by atoms with Crippen LogP contribution in [0.5, 0.6) is 0 Å². The smallest absolute Gasteiger partial charge is 0.258 e. The highest BCUT2D eigenvalue weighted by atomic mass is 35.5. The number of nitrogens with one attached hydrogen (secondary N) is 1. The molecule has 0 saturated heterocycles. The van der Waals surface area contributed by atoms with Gasteiger partial charge in [-0.3, -0.25) is 14.8 Å². The lowest BCUT2D eigenvalue weighted by atomic mass is 10.0. The van der Waals surface area contributed by atoms with Crippen molar-refractivity contribution in [1.29, 1.82) is 0 Å². The number of halogens is 1. The minimum atomic E-state index is -0.301. The maximum absolute atomic E-state index is 13.3. The van der Waals surface area contributed by atoms with Gasteiger partial charge in [-0.15, -0.1) is 5.10 Å². The van der Waals surface area contributed by atoms with Crippen molar-refractivity contribution < 1.29 is 4.79 Å². The minimum absolute atomic E-state index is 0.233. The molecule has 8 nitrogen and oxygen atoms in total. The van der Waals surface area contributed by atoms with E-state index in [1.54, 1.807) is 23.3 Å². The molecule has 1 N–H and O–H groups in total. The Morgan fingerprint density at radius 3 is 2.68 bits per heavy atom. The zero-order valence-electron chi connectivity index (χ0n) is 18.7. The van der Waals surface area contributed by atoms with Gasteiger partial charge in [0.1, 0.15) is 6.33 Å². The van der Waals surface area contributed by atoms with Crippen molar-refractivity contribution in [1.82, 2.24) is 29.5 Å². The highest BCUT2D eigenvalue weighted by Crippen LogP contribution is 2.27. The number of fused-ring (bicyclic) bond motifs is 1. The molecule has 0 unspecified atom stereocenters. The molecule has 5 rings (SSSR count). The molecular weight excluding hydrogens is 450 g/mol. The minimum Gasteiger partial charge on any atom is -0.289 e. The Balaban J connectivity index is 1.44. The molecule has 0 spiro atoms. The second kappa shape index (κ2) is 9.07. The number of pyridine rings is 1. The standard InChI is InChI=1S/C25H22ClN7O/c1-3-33-16(2)21(13-28-33)23-12-20(19-6-4-5-7-22(19)29-23)24(34)30-25-27-15-32(31-25)14-17-8-10-18(26)11-9-17/h4-13,15H,3,14H2,1-2H3,(H,30,31,34). The summed E-state index contributed by atoms with van der Waals surface area (Å²) in [5.74, 6) is -0.0685. The molecule has 0 radical (unpaired) electrons. The first-order chi connectivity index (χ1) is 16.5. The summed E-state index contributed by atoms with van der Waals surface area (Å²) in [4.78, 5) is 22.3. The molecular formula is C25H22ClN7O. The molecule has 3 aromatic heterocycles. The Bertz CT molecular complexity index is 1490. The van der Waals surface area contributed by atoms with Crippen LogP contribution in [-0.4, -0.2) is 35.4 Å². The van der Waals surface area contributed by atoms with E-state index in [0.29, 0.717) is 22.8 Å². The molecule has 0 aliphatic heterocycles. The molecule has 170 valence electrons. The quantitative estimate of drug-likeness (QED) is 0.377. The third kappa shape index (κ3) is 4.27. The number of anilines is 1. The number of benzene rings is 2. The summed E-state index contributed by atoms with van der Waals surface area (Å²) in [6.07, 6.45) is 3.38. The van der Waals surface area contributed by atoms with Crippen LogP contribution in [0.4, 0.5) is 5.95 Å². The Labute approximate surface area is 201 Å². The predicted octanol–water partition coefficient (Wildman–Crippen LogP) is 4.97. The number of amides is 1. The van der Waals surface area contributed by atoms with Gasteiger partial charge in [0.25, 0.3) is 5.91 Å². The predicted molar refractivity (Wildman–Crippen MR) is 132 cm³/mol. The van der Waals surface area contributed by atoms with E-state index in [2.05, 4.69) is 20.5 Å². The third-order valence-electron chi connectivity index (χ3n) is 5.66. The molecule has 0 aliphatic carbocycles. The van der Waals surface area contributed by atoms with Crippen molar-refractivity contribution in [2.24, 2.45) is 0 Å². The molecule has 0 saturated carbocycles. The molecule has 0 aliphatic rings. The monoisotopic (exact) mass is 471 g/mol. The van der Waals surface area contributed by atoms with Gasteiger partial charge in [0, 0.05) is 28.2 Å². The summed E-state index contributed by atoms with van der Waals surface area (Å²) in [5, 5.41) is 13.1. The summed E-state index contributed by atoms with van der Waals surface area (Å²) in [6.45, 7) is 5.31. The van der Waals surface area contributed by atoms with Crippen LogP contribution in [0.1, 0.15) is 28.5 Å². The van der Waals surface area contributed by atoms with Crippen LogP contribution in [0.15, 0.2) is 67.1 Å². The lowest BCUT2D eigenvalue weighted by molar-refractivity contribution is 0.102. The molecule has 34 heavy (non-hydrogen) atoms. The number of rotatable bonds is 6. The van der Waals surface area contributed by atoms with Crippen LogP contribution in [0.2, 0.25) is 5.02 Å². The van der Waals surface area contributed by atoms with Crippen LogP contribution in [0.25, 0.3) is 22.2 Å². The van der Waals surface area contributed by atoms with Gasteiger partial charge in [-0.25, -0.2) is 14.6 Å². The van der Waals surface area contributed by atoms with Crippen LogP contribution in [0, 0.1) is 6.92 Å². The first kappa shape index (κ1) is 21.8. The van der Waals surface area contributed by atoms with Crippen molar-refractivity contribution in [2.45, 2.75) is 26.9 Å². The number of carbonyl (C=O) groups excluding carboxylic acids is 1. The normalized spacial score (nSPS) is 11.1. The molecule has 0 fully saturated rings. The number of para-hydroxylation sites is 1. The highest BCUT2D eigenvalue weighted by Gasteiger charge is 2.18. The van der Waals surface area contributed by atoms with Crippen LogP contribution in [0.3, 0.4) is 0 Å². The number of aromatic nitrogens is 6. The average Bonchev–Trinajstić information content (AvgIpc) is 3.45. The van der Waals surface area contributed by atoms with Gasteiger partial charge in [0.2, 0.25) is 5.95 Å². The number of aryl methyl sites for hydroxylation is 1. The van der Waals surface area contributed by atoms with E-state index >= 15 is 0 Å². The van der Waals surface area contributed by atoms with Crippen molar-refractivity contribution in [2.75, 3.05) is 5.32 Å². The van der Waals surface area contributed by atoms with Gasteiger partial charge < -0.3 is 0 Å². The Kier molecular flexibility index (Phi) is 5.81. The SMILES string of the molecule is CCn1ncc(-c2cc(C(=O)Nc3ncn(Cc4ccc(Cl)cc4)n3)c3ccccc3n2)c1C.